The minimum atomic E-state index is -0.667. The number of piperazine rings is 1. The predicted octanol–water partition coefficient (Wildman–Crippen LogP) is 2.76. The van der Waals surface area contributed by atoms with Crippen LogP contribution >= 0.6 is 0 Å². The van der Waals surface area contributed by atoms with Gasteiger partial charge < -0.3 is 14.4 Å². The van der Waals surface area contributed by atoms with E-state index in [0.717, 1.165) is 32.7 Å². The zero-order chi connectivity index (χ0) is 21.3. The van der Waals surface area contributed by atoms with E-state index >= 15 is 0 Å². The maximum Gasteiger partial charge on any atom is 0.267 e. The lowest BCUT2D eigenvalue weighted by atomic mass is 10.1. The number of halogens is 1. The van der Waals surface area contributed by atoms with E-state index in [4.69, 9.17) is 14.7 Å². The standard InChI is InChI=1S/C22H26FN3O4/c1-25-9-11-26(12-10-25)13-14-29-19-7-5-17(6-8-22(27)24-28)21(16-19)30-20-4-2-3-18(23)15-20/h2-8,15-16,28H,9-14H2,1H3,(H,24,27). The van der Waals surface area contributed by atoms with Gasteiger partial charge in [-0.15, -0.1) is 0 Å². The van der Waals surface area contributed by atoms with Crippen molar-refractivity contribution >= 4 is 12.0 Å². The molecule has 1 fully saturated rings. The van der Waals surface area contributed by atoms with E-state index in [2.05, 4.69) is 16.8 Å². The average Bonchev–Trinajstić information content (AvgIpc) is 2.74. The van der Waals surface area contributed by atoms with Crippen LogP contribution in [0.25, 0.3) is 6.08 Å². The Morgan fingerprint density at radius 3 is 2.70 bits per heavy atom. The van der Waals surface area contributed by atoms with Gasteiger partial charge in [-0.25, -0.2) is 9.87 Å². The molecule has 0 aliphatic carbocycles. The Hall–Kier alpha value is -2.94. The van der Waals surface area contributed by atoms with E-state index in [0.29, 0.717) is 29.4 Å². The Morgan fingerprint density at radius 1 is 1.17 bits per heavy atom. The number of hydroxylamine groups is 1. The van der Waals surface area contributed by atoms with Gasteiger partial charge in [-0.1, -0.05) is 6.07 Å². The molecule has 0 radical (unpaired) electrons. The summed E-state index contributed by atoms with van der Waals surface area (Å²) in [6.07, 6.45) is 2.66. The summed E-state index contributed by atoms with van der Waals surface area (Å²) in [5, 5.41) is 8.66. The van der Waals surface area contributed by atoms with Crippen molar-refractivity contribution in [3.05, 3.63) is 59.9 Å². The summed E-state index contributed by atoms with van der Waals surface area (Å²) in [6.45, 7) is 5.49. The molecule has 2 N–H and O–H groups in total. The monoisotopic (exact) mass is 415 g/mol. The molecule has 0 spiro atoms. The highest BCUT2D eigenvalue weighted by Crippen LogP contribution is 2.31. The summed E-state index contributed by atoms with van der Waals surface area (Å²) < 4.78 is 25.2. The van der Waals surface area contributed by atoms with E-state index in [1.807, 2.05) is 0 Å². The number of hydrogen-bond donors (Lipinski definition) is 2. The third-order valence-corrected chi connectivity index (χ3v) is 4.81. The first-order chi connectivity index (χ1) is 14.5. The molecule has 1 saturated heterocycles. The maximum atomic E-state index is 13.5. The third kappa shape index (κ3) is 6.55. The van der Waals surface area contributed by atoms with Crippen LogP contribution in [-0.4, -0.2) is 67.3 Å². The molecule has 2 aromatic rings. The SMILES string of the molecule is CN1CCN(CCOc2ccc(C=CC(=O)NO)c(Oc3cccc(F)c3)c2)CC1. The molecule has 160 valence electrons. The average molecular weight is 415 g/mol. The highest BCUT2D eigenvalue weighted by Gasteiger charge is 2.13. The number of ether oxygens (including phenoxy) is 2. The van der Waals surface area contributed by atoms with Gasteiger partial charge in [0.05, 0.1) is 0 Å². The molecule has 0 unspecified atom stereocenters. The van der Waals surface area contributed by atoms with Gasteiger partial charge in [0.2, 0.25) is 0 Å². The van der Waals surface area contributed by atoms with Crippen molar-refractivity contribution in [1.82, 2.24) is 15.3 Å². The smallest absolute Gasteiger partial charge is 0.267 e. The number of nitrogens with one attached hydrogen (secondary N) is 1. The van der Waals surface area contributed by atoms with Crippen molar-refractivity contribution in [3.8, 4) is 17.2 Å². The fourth-order valence-electron chi connectivity index (χ4n) is 3.05. The van der Waals surface area contributed by atoms with Crippen LogP contribution in [0.5, 0.6) is 17.2 Å². The van der Waals surface area contributed by atoms with Crippen LogP contribution in [-0.2, 0) is 4.79 Å². The third-order valence-electron chi connectivity index (χ3n) is 4.81. The van der Waals surface area contributed by atoms with Gasteiger partial charge in [-0.3, -0.25) is 14.9 Å². The van der Waals surface area contributed by atoms with E-state index in [1.165, 1.54) is 29.8 Å². The normalized spacial score (nSPS) is 15.3. The Balaban J connectivity index is 1.69. The second-order valence-electron chi connectivity index (χ2n) is 7.06. The second-order valence-corrected chi connectivity index (χ2v) is 7.06. The molecule has 8 heteroatoms. The molecule has 0 atom stereocenters. The summed E-state index contributed by atoms with van der Waals surface area (Å²) in [5.74, 6) is 0.257. The second kappa shape index (κ2) is 10.7. The van der Waals surface area contributed by atoms with Gasteiger partial charge in [0.25, 0.3) is 5.91 Å². The van der Waals surface area contributed by atoms with E-state index < -0.39 is 11.7 Å². The Labute approximate surface area is 175 Å². The highest BCUT2D eigenvalue weighted by molar-refractivity contribution is 5.91. The first kappa shape index (κ1) is 21.8. The van der Waals surface area contributed by atoms with Crippen LogP contribution in [0.4, 0.5) is 4.39 Å². The zero-order valence-electron chi connectivity index (χ0n) is 16.9. The van der Waals surface area contributed by atoms with Crippen molar-refractivity contribution in [2.75, 3.05) is 46.4 Å². The van der Waals surface area contributed by atoms with Crippen LogP contribution in [0.1, 0.15) is 5.56 Å². The predicted molar refractivity (Wildman–Crippen MR) is 111 cm³/mol. The van der Waals surface area contributed by atoms with E-state index in [9.17, 15) is 9.18 Å². The van der Waals surface area contributed by atoms with Gasteiger partial charge in [0.15, 0.2) is 0 Å². The van der Waals surface area contributed by atoms with Gasteiger partial charge in [-0.2, -0.15) is 0 Å². The number of carbonyl (C=O) groups excluding carboxylic acids is 1. The lowest BCUT2D eigenvalue weighted by Crippen LogP contribution is -2.45. The van der Waals surface area contributed by atoms with E-state index in [-0.39, 0.29) is 0 Å². The first-order valence-electron chi connectivity index (χ1n) is 9.77. The molecule has 0 saturated carbocycles. The topological polar surface area (TPSA) is 74.3 Å². The molecule has 3 rings (SSSR count). The molecule has 2 aromatic carbocycles. The fourth-order valence-corrected chi connectivity index (χ4v) is 3.05. The lowest BCUT2D eigenvalue weighted by molar-refractivity contribution is -0.124. The van der Waals surface area contributed by atoms with Crippen molar-refractivity contribution in [2.24, 2.45) is 0 Å². The number of carbonyl (C=O) groups is 1. The quantitative estimate of drug-likeness (QED) is 0.392. The van der Waals surface area contributed by atoms with Gasteiger partial charge >= 0.3 is 0 Å². The molecule has 7 nitrogen and oxygen atoms in total. The van der Waals surface area contributed by atoms with Crippen LogP contribution in [0, 0.1) is 5.82 Å². The van der Waals surface area contributed by atoms with Crippen LogP contribution < -0.4 is 15.0 Å². The summed E-state index contributed by atoms with van der Waals surface area (Å²) in [4.78, 5) is 16.0. The summed E-state index contributed by atoms with van der Waals surface area (Å²) in [7, 11) is 2.12. The molecule has 0 bridgehead atoms. The number of likely N-dealkylation sites (N-methyl/N-ethyl adjacent to an activating group) is 1. The number of benzene rings is 2. The Kier molecular flexibility index (Phi) is 7.78. The number of nitrogens with zero attached hydrogens (tertiary/aromatic N) is 2. The Bertz CT molecular complexity index is 882. The van der Waals surface area contributed by atoms with Crippen molar-refractivity contribution in [2.45, 2.75) is 0 Å². The zero-order valence-corrected chi connectivity index (χ0v) is 16.9. The van der Waals surface area contributed by atoms with Crippen LogP contribution in [0.3, 0.4) is 0 Å². The number of hydrogen-bond acceptors (Lipinski definition) is 6. The largest absolute Gasteiger partial charge is 0.492 e. The maximum absolute atomic E-state index is 13.5. The van der Waals surface area contributed by atoms with Gasteiger partial charge in [0, 0.05) is 56.5 Å². The van der Waals surface area contributed by atoms with E-state index in [1.54, 1.807) is 30.3 Å². The molecule has 1 aliphatic rings. The number of rotatable bonds is 8. The summed E-state index contributed by atoms with van der Waals surface area (Å²) >= 11 is 0. The molecule has 30 heavy (non-hydrogen) atoms. The minimum absolute atomic E-state index is 0.325. The van der Waals surface area contributed by atoms with Gasteiger partial charge in [0.1, 0.15) is 29.7 Å². The fraction of sp³-hybridized carbons (Fsp3) is 0.318. The van der Waals surface area contributed by atoms with Gasteiger partial charge in [-0.05, 0) is 37.4 Å². The number of amides is 1. The molecule has 0 aromatic heterocycles. The molecular weight excluding hydrogens is 389 g/mol. The Morgan fingerprint density at radius 2 is 1.97 bits per heavy atom. The highest BCUT2D eigenvalue weighted by atomic mass is 19.1. The molecule has 1 amide bonds. The summed E-state index contributed by atoms with van der Waals surface area (Å²) in [5.41, 5.74) is 2.11. The molecular formula is C22H26FN3O4. The van der Waals surface area contributed by atoms with Crippen LogP contribution in [0.15, 0.2) is 48.5 Å². The van der Waals surface area contributed by atoms with Crippen molar-refractivity contribution in [1.29, 1.82) is 0 Å². The molecule has 1 aliphatic heterocycles. The molecule has 1 heterocycles. The lowest BCUT2D eigenvalue weighted by Gasteiger charge is -2.32. The summed E-state index contributed by atoms with van der Waals surface area (Å²) in [6, 6.07) is 11.0. The van der Waals surface area contributed by atoms with Crippen LogP contribution in [0.2, 0.25) is 0 Å². The minimum Gasteiger partial charge on any atom is -0.492 e. The van der Waals surface area contributed by atoms with Crippen molar-refractivity contribution in [3.63, 3.8) is 0 Å². The first-order valence-corrected chi connectivity index (χ1v) is 9.77. The van der Waals surface area contributed by atoms with Crippen molar-refractivity contribution < 1.29 is 23.9 Å².